The molecule has 0 radical (unpaired) electrons. The zero-order valence-electron chi connectivity index (χ0n) is 16.1. The van der Waals surface area contributed by atoms with Gasteiger partial charge in [-0.05, 0) is 42.5 Å². The first-order valence-corrected chi connectivity index (χ1v) is 9.99. The van der Waals surface area contributed by atoms with Crippen molar-refractivity contribution in [3.05, 3.63) is 88.3 Å². The summed E-state index contributed by atoms with van der Waals surface area (Å²) in [6, 6.07) is 14.9. The van der Waals surface area contributed by atoms with Crippen LogP contribution in [0.5, 0.6) is 5.88 Å². The molecule has 2 heterocycles. The van der Waals surface area contributed by atoms with Gasteiger partial charge in [0.25, 0.3) is 5.88 Å². The van der Waals surface area contributed by atoms with E-state index in [9.17, 15) is 14.3 Å². The van der Waals surface area contributed by atoms with Crippen molar-refractivity contribution in [3.63, 3.8) is 0 Å². The summed E-state index contributed by atoms with van der Waals surface area (Å²) in [5.74, 6) is -0.697. The second-order valence-electron chi connectivity index (χ2n) is 7.08. The van der Waals surface area contributed by atoms with Crippen molar-refractivity contribution in [3.8, 4) is 5.88 Å². The number of aliphatic hydroxyl groups is 1. The summed E-state index contributed by atoms with van der Waals surface area (Å²) < 4.78 is 19.5. The van der Waals surface area contributed by atoms with E-state index in [1.54, 1.807) is 36.4 Å². The van der Waals surface area contributed by atoms with Crippen LogP contribution in [0.4, 0.5) is 10.1 Å². The lowest BCUT2D eigenvalue weighted by atomic mass is 10.00. The largest absolute Gasteiger partial charge is 0.470 e. The zero-order chi connectivity index (χ0) is 21.1. The Labute approximate surface area is 178 Å². The quantitative estimate of drug-likeness (QED) is 0.597. The summed E-state index contributed by atoms with van der Waals surface area (Å²) in [6.45, 7) is 1.00. The van der Waals surface area contributed by atoms with Crippen LogP contribution in [-0.4, -0.2) is 35.1 Å². The van der Waals surface area contributed by atoms with Crippen molar-refractivity contribution >= 4 is 23.1 Å². The van der Waals surface area contributed by atoms with Gasteiger partial charge < -0.3 is 14.7 Å². The van der Waals surface area contributed by atoms with Crippen LogP contribution >= 0.6 is 11.6 Å². The van der Waals surface area contributed by atoms with Crippen LogP contribution in [0, 0.1) is 5.82 Å². The number of hydrogen-bond donors (Lipinski definition) is 1. The molecule has 0 saturated carbocycles. The molecular formula is C23H20ClFN2O3. The molecule has 1 atom stereocenters. The van der Waals surface area contributed by atoms with E-state index in [-0.39, 0.29) is 24.4 Å². The zero-order valence-corrected chi connectivity index (χ0v) is 16.8. The first kappa shape index (κ1) is 20.3. The first-order chi connectivity index (χ1) is 14.6. The second kappa shape index (κ2) is 8.81. The number of carbonyl (C=O) groups excluding carboxylic acids is 1. The van der Waals surface area contributed by atoms with Crippen LogP contribution in [0.25, 0.3) is 0 Å². The Bertz CT molecular complexity index is 1080. The van der Waals surface area contributed by atoms with E-state index in [0.717, 1.165) is 5.69 Å². The van der Waals surface area contributed by atoms with Crippen LogP contribution in [0.15, 0.2) is 60.8 Å². The molecule has 1 aliphatic rings. The smallest absolute Gasteiger partial charge is 0.250 e. The van der Waals surface area contributed by atoms with Gasteiger partial charge in [0.05, 0.1) is 18.2 Å². The van der Waals surface area contributed by atoms with Gasteiger partial charge in [-0.1, -0.05) is 23.7 Å². The molecule has 0 aliphatic carbocycles. The third-order valence-electron chi connectivity index (χ3n) is 5.12. The minimum Gasteiger partial charge on any atom is -0.470 e. The fourth-order valence-corrected chi connectivity index (χ4v) is 3.84. The molecule has 7 heteroatoms. The number of hydrogen-bond acceptors (Lipinski definition) is 5. The number of halogens is 2. The predicted octanol–water partition coefficient (Wildman–Crippen LogP) is 4.26. The molecule has 3 aromatic rings. The number of ether oxygens (including phenoxy) is 1. The minimum atomic E-state index is -0.491. The molecule has 1 aromatic heterocycles. The highest BCUT2D eigenvalue weighted by Crippen LogP contribution is 2.29. The van der Waals surface area contributed by atoms with Crippen LogP contribution in [0.2, 0.25) is 5.02 Å². The number of benzene rings is 2. The Balaban J connectivity index is 1.52. The van der Waals surface area contributed by atoms with E-state index >= 15 is 0 Å². The Morgan fingerprint density at radius 2 is 2.07 bits per heavy atom. The van der Waals surface area contributed by atoms with Crippen LogP contribution < -0.4 is 9.64 Å². The highest BCUT2D eigenvalue weighted by Gasteiger charge is 2.27. The fraction of sp³-hybridized carbons (Fsp3) is 0.217. The molecule has 0 amide bonds. The number of carbonyl (C=O) groups is 1. The Morgan fingerprint density at radius 1 is 1.23 bits per heavy atom. The number of nitrogens with zero attached hydrogens (tertiary/aromatic N) is 2. The van der Waals surface area contributed by atoms with Gasteiger partial charge in [-0.2, -0.15) is 0 Å². The number of pyridine rings is 1. The second-order valence-corrected chi connectivity index (χ2v) is 7.48. The molecule has 30 heavy (non-hydrogen) atoms. The minimum absolute atomic E-state index is 0.00702. The maximum atomic E-state index is 13.8. The molecular weight excluding hydrogens is 407 g/mol. The van der Waals surface area contributed by atoms with E-state index in [4.69, 9.17) is 16.3 Å². The monoisotopic (exact) mass is 426 g/mol. The van der Waals surface area contributed by atoms with E-state index in [2.05, 4.69) is 9.88 Å². The summed E-state index contributed by atoms with van der Waals surface area (Å²) >= 11 is 6.15. The van der Waals surface area contributed by atoms with Crippen molar-refractivity contribution in [2.75, 3.05) is 18.0 Å². The lowest BCUT2D eigenvalue weighted by molar-refractivity contribution is 0.103. The normalized spacial score (nSPS) is 16.0. The van der Waals surface area contributed by atoms with Crippen molar-refractivity contribution in [1.82, 2.24) is 4.98 Å². The average Bonchev–Trinajstić information content (AvgIpc) is 3.23. The van der Waals surface area contributed by atoms with Crippen molar-refractivity contribution < 1.29 is 19.0 Å². The molecule has 4 rings (SSSR count). The van der Waals surface area contributed by atoms with Gasteiger partial charge in [0.2, 0.25) is 0 Å². The average molecular weight is 427 g/mol. The molecule has 1 fully saturated rings. The van der Waals surface area contributed by atoms with Crippen LogP contribution in [0.3, 0.4) is 0 Å². The van der Waals surface area contributed by atoms with E-state index in [1.807, 2.05) is 6.07 Å². The van der Waals surface area contributed by atoms with Gasteiger partial charge in [0, 0.05) is 41.5 Å². The molecule has 1 N–H and O–H groups in total. The maximum absolute atomic E-state index is 13.8. The SMILES string of the molecule is O=C(c1ccc(N2CC[C@H](Oc3ncccc3F)C2)c(CO)c1)c1ccccc1Cl. The summed E-state index contributed by atoms with van der Waals surface area (Å²) in [5.41, 5.74) is 2.33. The lowest BCUT2D eigenvalue weighted by Crippen LogP contribution is -2.26. The third-order valence-corrected chi connectivity index (χ3v) is 5.45. The van der Waals surface area contributed by atoms with Crippen LogP contribution in [-0.2, 0) is 6.61 Å². The van der Waals surface area contributed by atoms with Gasteiger partial charge >= 0.3 is 0 Å². The molecule has 0 spiro atoms. The van der Waals surface area contributed by atoms with Gasteiger partial charge in [-0.3, -0.25) is 4.79 Å². The molecule has 0 bridgehead atoms. The van der Waals surface area contributed by atoms with Crippen molar-refractivity contribution in [2.24, 2.45) is 0 Å². The molecule has 1 saturated heterocycles. The Hall–Kier alpha value is -2.96. The van der Waals surface area contributed by atoms with E-state index < -0.39 is 5.82 Å². The van der Waals surface area contributed by atoms with Crippen molar-refractivity contribution in [2.45, 2.75) is 19.1 Å². The third kappa shape index (κ3) is 4.15. The Morgan fingerprint density at radius 3 is 2.83 bits per heavy atom. The molecule has 1 aliphatic heterocycles. The van der Waals surface area contributed by atoms with Gasteiger partial charge in [-0.15, -0.1) is 0 Å². The summed E-state index contributed by atoms with van der Waals surface area (Å²) in [4.78, 5) is 18.8. The number of anilines is 1. The van der Waals surface area contributed by atoms with Crippen LogP contribution in [0.1, 0.15) is 27.9 Å². The van der Waals surface area contributed by atoms with Crippen molar-refractivity contribution in [1.29, 1.82) is 0 Å². The summed E-state index contributed by atoms with van der Waals surface area (Å²) in [5, 5.41) is 10.3. The number of aromatic nitrogens is 1. The number of ketones is 1. The maximum Gasteiger partial charge on any atom is 0.250 e. The highest BCUT2D eigenvalue weighted by molar-refractivity contribution is 6.35. The number of aliphatic hydroxyl groups excluding tert-OH is 1. The number of rotatable bonds is 6. The van der Waals surface area contributed by atoms with Gasteiger partial charge in [0.1, 0.15) is 6.10 Å². The fourth-order valence-electron chi connectivity index (χ4n) is 3.62. The summed E-state index contributed by atoms with van der Waals surface area (Å²) in [6.07, 6.45) is 1.97. The molecule has 154 valence electrons. The van der Waals surface area contributed by atoms with Gasteiger partial charge in [-0.25, -0.2) is 9.37 Å². The lowest BCUT2D eigenvalue weighted by Gasteiger charge is -2.22. The van der Waals surface area contributed by atoms with E-state index in [1.165, 1.54) is 18.3 Å². The first-order valence-electron chi connectivity index (χ1n) is 9.62. The molecule has 0 unspecified atom stereocenters. The summed E-state index contributed by atoms with van der Waals surface area (Å²) in [7, 11) is 0. The molecule has 2 aromatic carbocycles. The topological polar surface area (TPSA) is 62.7 Å². The predicted molar refractivity (Wildman–Crippen MR) is 113 cm³/mol. The Kier molecular flexibility index (Phi) is 5.97. The molecule has 5 nitrogen and oxygen atoms in total. The van der Waals surface area contributed by atoms with E-state index in [0.29, 0.717) is 41.2 Å². The van der Waals surface area contributed by atoms with Gasteiger partial charge in [0.15, 0.2) is 11.6 Å². The highest BCUT2D eigenvalue weighted by atomic mass is 35.5. The standard InChI is InChI=1S/C23H20ClFN2O3/c24-19-5-2-1-4-18(19)22(29)15-7-8-21(16(12-15)14-28)27-11-9-17(13-27)30-23-20(25)6-3-10-26-23/h1-8,10,12,17,28H,9,11,13-14H2/t17-/m0/s1.